The summed E-state index contributed by atoms with van der Waals surface area (Å²) >= 11 is 7.16. The number of nitrogens with zero attached hydrogens (tertiary/aromatic N) is 3. The fraction of sp³-hybridized carbons (Fsp3) is 0.154. The van der Waals surface area contributed by atoms with Crippen molar-refractivity contribution in [3.05, 3.63) is 45.6 Å². The third kappa shape index (κ3) is 3.40. The molecule has 0 spiro atoms. The third-order valence-corrected chi connectivity index (χ3v) is 3.61. The number of halogens is 3. The van der Waals surface area contributed by atoms with Crippen molar-refractivity contribution in [2.45, 2.75) is 13.0 Å². The summed E-state index contributed by atoms with van der Waals surface area (Å²) in [7, 11) is 0. The minimum Gasteiger partial charge on any atom is -0.486 e. The first-order chi connectivity index (χ1) is 10.6. The highest BCUT2D eigenvalue weighted by atomic mass is 35.5. The molecule has 0 unspecified atom stereocenters. The second-order valence-corrected chi connectivity index (χ2v) is 5.50. The molecule has 9 heteroatoms. The molecule has 0 saturated carbocycles. The number of hydrogen-bond acceptors (Lipinski definition) is 6. The molecule has 0 saturated heterocycles. The van der Waals surface area contributed by atoms with Crippen molar-refractivity contribution in [2.75, 3.05) is 0 Å². The summed E-state index contributed by atoms with van der Waals surface area (Å²) in [6, 6.07) is 6.97. The van der Waals surface area contributed by atoms with E-state index < -0.39 is 12.3 Å². The van der Waals surface area contributed by atoms with Crippen LogP contribution in [0.3, 0.4) is 0 Å². The van der Waals surface area contributed by atoms with Crippen LogP contribution in [0.5, 0.6) is 5.75 Å². The van der Waals surface area contributed by atoms with Gasteiger partial charge in [-0.2, -0.15) is 8.78 Å². The highest BCUT2D eigenvalue weighted by Gasteiger charge is 2.18. The molecule has 3 aromatic rings. The largest absolute Gasteiger partial charge is 0.486 e. The Kier molecular flexibility index (Phi) is 4.30. The Morgan fingerprint density at radius 3 is 2.91 bits per heavy atom. The van der Waals surface area contributed by atoms with Gasteiger partial charge in [-0.1, -0.05) is 17.7 Å². The van der Waals surface area contributed by atoms with E-state index >= 15 is 0 Å². The van der Waals surface area contributed by atoms with Crippen LogP contribution in [0.4, 0.5) is 8.78 Å². The van der Waals surface area contributed by atoms with Gasteiger partial charge in [-0.05, 0) is 18.2 Å². The Morgan fingerprint density at radius 2 is 2.18 bits per heavy atom. The molecule has 0 N–H and O–H groups in total. The fourth-order valence-electron chi connectivity index (χ4n) is 1.60. The first-order valence-corrected chi connectivity index (χ1v) is 7.32. The summed E-state index contributed by atoms with van der Waals surface area (Å²) in [5.41, 5.74) is 0.342. The lowest BCUT2D eigenvalue weighted by molar-refractivity contribution is 0.116. The van der Waals surface area contributed by atoms with E-state index in [4.69, 9.17) is 20.8 Å². The van der Waals surface area contributed by atoms with Crippen molar-refractivity contribution in [1.29, 1.82) is 0 Å². The lowest BCUT2D eigenvalue weighted by Gasteiger charge is -2.03. The van der Waals surface area contributed by atoms with Crippen LogP contribution < -0.4 is 4.74 Å². The predicted molar refractivity (Wildman–Crippen MR) is 76.1 cm³/mol. The number of alkyl halides is 2. The molecular formula is C13H8ClF2N3O2S. The zero-order valence-electron chi connectivity index (χ0n) is 10.9. The Labute approximate surface area is 132 Å². The first-order valence-electron chi connectivity index (χ1n) is 6.06. The fourth-order valence-corrected chi connectivity index (χ4v) is 2.46. The maximum Gasteiger partial charge on any atom is 0.314 e. The smallest absolute Gasteiger partial charge is 0.314 e. The van der Waals surface area contributed by atoms with Crippen molar-refractivity contribution in [3.63, 3.8) is 0 Å². The number of hydrogen-bond donors (Lipinski definition) is 0. The Morgan fingerprint density at radius 1 is 1.32 bits per heavy atom. The molecule has 0 aliphatic rings. The van der Waals surface area contributed by atoms with E-state index in [1.807, 2.05) is 0 Å². The van der Waals surface area contributed by atoms with Gasteiger partial charge in [-0.15, -0.1) is 21.5 Å². The average molecular weight is 344 g/mol. The van der Waals surface area contributed by atoms with Crippen LogP contribution in [0.1, 0.15) is 17.3 Å². The van der Waals surface area contributed by atoms with Gasteiger partial charge in [0.2, 0.25) is 0 Å². The van der Waals surface area contributed by atoms with Gasteiger partial charge in [0.15, 0.2) is 0 Å². The van der Waals surface area contributed by atoms with Crippen LogP contribution in [-0.4, -0.2) is 15.2 Å². The van der Waals surface area contributed by atoms with Gasteiger partial charge in [-0.25, -0.2) is 4.98 Å². The summed E-state index contributed by atoms with van der Waals surface area (Å²) in [5.74, 6) is -0.151. The third-order valence-electron chi connectivity index (χ3n) is 2.56. The van der Waals surface area contributed by atoms with Crippen LogP contribution >= 0.6 is 22.9 Å². The van der Waals surface area contributed by atoms with Gasteiger partial charge >= 0.3 is 6.43 Å². The summed E-state index contributed by atoms with van der Waals surface area (Å²) in [5, 5.41) is 9.65. The van der Waals surface area contributed by atoms with Gasteiger partial charge in [-0.3, -0.25) is 0 Å². The monoisotopic (exact) mass is 343 g/mol. The number of thiazole rings is 1. The van der Waals surface area contributed by atoms with E-state index in [0.717, 1.165) is 0 Å². The second kappa shape index (κ2) is 6.37. The van der Waals surface area contributed by atoms with Crippen LogP contribution in [0.25, 0.3) is 11.6 Å². The molecule has 0 aliphatic heterocycles. The molecule has 114 valence electrons. The summed E-state index contributed by atoms with van der Waals surface area (Å²) < 4.78 is 35.2. The molecule has 0 atom stereocenters. The van der Waals surface area contributed by atoms with Gasteiger partial charge < -0.3 is 9.15 Å². The topological polar surface area (TPSA) is 61.0 Å². The maximum atomic E-state index is 12.4. The van der Waals surface area contributed by atoms with Gasteiger partial charge in [0.1, 0.15) is 23.1 Å². The van der Waals surface area contributed by atoms with Crippen molar-refractivity contribution in [3.8, 4) is 17.3 Å². The number of benzene rings is 1. The van der Waals surface area contributed by atoms with E-state index in [1.165, 1.54) is 11.3 Å². The lowest BCUT2D eigenvalue weighted by Crippen LogP contribution is -1.94. The molecule has 0 amide bonds. The van der Waals surface area contributed by atoms with E-state index in [9.17, 15) is 8.78 Å². The minimum atomic E-state index is -2.80. The maximum absolute atomic E-state index is 12.4. The standard InChI is InChI=1S/C13H8ClF2N3O2S/c14-7-2-1-3-8(4-7)20-5-10-17-9(6-22-10)12-18-19-13(21-12)11(15)16/h1-4,6,11H,5H2. The van der Waals surface area contributed by atoms with Gasteiger partial charge in [0.05, 0.1) is 0 Å². The first kappa shape index (κ1) is 14.9. The SMILES string of the molecule is FC(F)c1nnc(-c2csc(COc3cccc(Cl)c3)n2)o1. The van der Waals surface area contributed by atoms with Gasteiger partial charge in [0.25, 0.3) is 11.8 Å². The Balaban J connectivity index is 1.68. The molecule has 2 heterocycles. The Hall–Kier alpha value is -2.06. The average Bonchev–Trinajstić information content (AvgIpc) is 3.14. The highest BCUT2D eigenvalue weighted by molar-refractivity contribution is 7.09. The molecule has 5 nitrogen and oxygen atoms in total. The number of rotatable bonds is 5. The molecule has 1 aromatic carbocycles. The number of ether oxygens (including phenoxy) is 1. The molecule has 3 rings (SSSR count). The van der Waals surface area contributed by atoms with E-state index in [0.29, 0.717) is 21.5 Å². The predicted octanol–water partition coefficient (Wildman–Crippen LogP) is 4.36. The van der Waals surface area contributed by atoms with Crippen molar-refractivity contribution < 1.29 is 17.9 Å². The molecule has 0 bridgehead atoms. The lowest BCUT2D eigenvalue weighted by atomic mass is 10.3. The summed E-state index contributed by atoms with van der Waals surface area (Å²) in [6.07, 6.45) is -2.80. The van der Waals surface area contributed by atoms with E-state index in [1.54, 1.807) is 29.6 Å². The quantitative estimate of drug-likeness (QED) is 0.688. The zero-order valence-corrected chi connectivity index (χ0v) is 12.4. The number of aromatic nitrogens is 3. The van der Waals surface area contributed by atoms with E-state index in [-0.39, 0.29) is 12.5 Å². The normalized spacial score (nSPS) is 11.1. The van der Waals surface area contributed by atoms with Crippen LogP contribution in [0.15, 0.2) is 34.1 Å². The minimum absolute atomic E-state index is 0.0412. The summed E-state index contributed by atoms with van der Waals surface area (Å²) in [6.45, 7) is 0.223. The molecule has 0 aliphatic carbocycles. The summed E-state index contributed by atoms with van der Waals surface area (Å²) in [4.78, 5) is 4.21. The molecule has 2 aromatic heterocycles. The van der Waals surface area contributed by atoms with Crippen molar-refractivity contribution in [2.24, 2.45) is 0 Å². The van der Waals surface area contributed by atoms with Gasteiger partial charge in [0, 0.05) is 10.4 Å². The molecule has 0 fully saturated rings. The molecular weight excluding hydrogens is 336 g/mol. The van der Waals surface area contributed by atoms with Crippen LogP contribution in [0.2, 0.25) is 5.02 Å². The Bertz CT molecular complexity index is 778. The van der Waals surface area contributed by atoms with E-state index in [2.05, 4.69) is 15.2 Å². The second-order valence-electron chi connectivity index (χ2n) is 4.12. The van der Waals surface area contributed by atoms with Crippen LogP contribution in [-0.2, 0) is 6.61 Å². The molecule has 22 heavy (non-hydrogen) atoms. The zero-order chi connectivity index (χ0) is 15.5. The van der Waals surface area contributed by atoms with Crippen molar-refractivity contribution >= 4 is 22.9 Å². The molecule has 0 radical (unpaired) electrons. The highest BCUT2D eigenvalue weighted by Crippen LogP contribution is 2.25. The van der Waals surface area contributed by atoms with Crippen molar-refractivity contribution in [1.82, 2.24) is 15.2 Å². The van der Waals surface area contributed by atoms with Crippen LogP contribution in [0, 0.1) is 0 Å².